The molecule has 0 radical (unpaired) electrons. The van der Waals surface area contributed by atoms with Crippen LogP contribution in [-0.2, 0) is 0 Å². The summed E-state index contributed by atoms with van der Waals surface area (Å²) >= 11 is 0. The number of anilines is 1. The molecule has 0 aromatic carbocycles. The molecule has 70 valence electrons. The minimum absolute atomic E-state index is 0.611. The van der Waals surface area contributed by atoms with Gasteiger partial charge in [-0.15, -0.1) is 0 Å². The van der Waals surface area contributed by atoms with E-state index in [0.29, 0.717) is 6.04 Å². The maximum Gasteiger partial charge on any atom is 0.225 e. The smallest absolute Gasteiger partial charge is 0.225 e. The van der Waals surface area contributed by atoms with E-state index in [4.69, 9.17) is 0 Å². The Bertz CT molecular complexity index is 254. The predicted octanol–water partition coefficient (Wildman–Crippen LogP) is -0.313. The molecule has 0 unspecified atom stereocenters. The summed E-state index contributed by atoms with van der Waals surface area (Å²) in [5.41, 5.74) is 4.06. The minimum Gasteiger partial charge on any atom is -0.355 e. The molecule has 1 aliphatic heterocycles. The SMILES string of the molecule is [NH3+]C1CCN(c2ncccn2)CC1. The van der Waals surface area contributed by atoms with E-state index in [-0.39, 0.29) is 0 Å². The van der Waals surface area contributed by atoms with Crippen LogP contribution in [0.25, 0.3) is 0 Å². The predicted molar refractivity (Wildman–Crippen MR) is 50.2 cm³/mol. The van der Waals surface area contributed by atoms with Gasteiger partial charge in [0.1, 0.15) is 0 Å². The number of quaternary nitrogens is 1. The Hall–Kier alpha value is -1.16. The summed E-state index contributed by atoms with van der Waals surface area (Å²) in [5.74, 6) is 0.856. The first-order valence-corrected chi connectivity index (χ1v) is 4.71. The number of rotatable bonds is 1. The van der Waals surface area contributed by atoms with Gasteiger partial charge < -0.3 is 10.6 Å². The van der Waals surface area contributed by atoms with Gasteiger partial charge in [-0.3, -0.25) is 0 Å². The molecule has 2 rings (SSSR count). The zero-order valence-corrected chi connectivity index (χ0v) is 7.69. The third kappa shape index (κ3) is 1.95. The van der Waals surface area contributed by atoms with Crippen molar-refractivity contribution in [3.8, 4) is 0 Å². The summed E-state index contributed by atoms with van der Waals surface area (Å²) in [7, 11) is 0. The quantitative estimate of drug-likeness (QED) is 0.643. The minimum atomic E-state index is 0.611. The molecular formula is C9H15N4+. The molecule has 1 aromatic heterocycles. The molecular weight excluding hydrogens is 164 g/mol. The van der Waals surface area contributed by atoms with E-state index < -0.39 is 0 Å². The molecule has 1 fully saturated rings. The largest absolute Gasteiger partial charge is 0.355 e. The van der Waals surface area contributed by atoms with Crippen LogP contribution in [0.15, 0.2) is 18.5 Å². The van der Waals surface area contributed by atoms with Crippen molar-refractivity contribution in [3.63, 3.8) is 0 Å². The summed E-state index contributed by atoms with van der Waals surface area (Å²) in [6.07, 6.45) is 5.88. The fourth-order valence-corrected chi connectivity index (χ4v) is 1.59. The highest BCUT2D eigenvalue weighted by molar-refractivity contribution is 5.28. The molecule has 1 saturated heterocycles. The van der Waals surface area contributed by atoms with E-state index in [1.165, 1.54) is 0 Å². The van der Waals surface area contributed by atoms with Gasteiger partial charge in [0.25, 0.3) is 0 Å². The molecule has 4 heteroatoms. The Kier molecular flexibility index (Phi) is 2.40. The molecule has 1 aromatic rings. The van der Waals surface area contributed by atoms with Gasteiger partial charge in [-0.25, -0.2) is 9.97 Å². The zero-order chi connectivity index (χ0) is 9.10. The van der Waals surface area contributed by atoms with Crippen molar-refractivity contribution in [1.29, 1.82) is 0 Å². The Balaban J connectivity index is 2.03. The number of hydrogen-bond donors (Lipinski definition) is 1. The summed E-state index contributed by atoms with van der Waals surface area (Å²) in [6.45, 7) is 2.08. The van der Waals surface area contributed by atoms with E-state index in [0.717, 1.165) is 31.9 Å². The number of aromatic nitrogens is 2. The summed E-state index contributed by atoms with van der Waals surface area (Å²) < 4.78 is 0. The topological polar surface area (TPSA) is 56.7 Å². The number of hydrogen-bond acceptors (Lipinski definition) is 3. The van der Waals surface area contributed by atoms with Gasteiger partial charge in [-0.1, -0.05) is 0 Å². The van der Waals surface area contributed by atoms with Crippen LogP contribution in [0.5, 0.6) is 0 Å². The molecule has 0 aliphatic carbocycles. The van der Waals surface area contributed by atoms with Gasteiger partial charge in [0.2, 0.25) is 5.95 Å². The standard InChI is InChI=1S/C9H14N4/c10-8-2-6-13(7-3-8)9-11-4-1-5-12-9/h1,4-5,8H,2-3,6-7,10H2/p+1. The lowest BCUT2D eigenvalue weighted by atomic mass is 10.1. The lowest BCUT2D eigenvalue weighted by Crippen LogP contribution is -2.64. The first kappa shape index (κ1) is 8.44. The molecule has 13 heavy (non-hydrogen) atoms. The van der Waals surface area contributed by atoms with Crippen LogP contribution < -0.4 is 10.6 Å². The average Bonchev–Trinajstić information content (AvgIpc) is 2.20. The Morgan fingerprint density at radius 1 is 1.23 bits per heavy atom. The van der Waals surface area contributed by atoms with Crippen molar-refractivity contribution < 1.29 is 5.73 Å². The van der Waals surface area contributed by atoms with Crippen molar-refractivity contribution in [2.45, 2.75) is 18.9 Å². The molecule has 0 saturated carbocycles. The second-order valence-electron chi connectivity index (χ2n) is 3.48. The Labute approximate surface area is 77.8 Å². The lowest BCUT2D eigenvalue weighted by Gasteiger charge is -2.28. The molecule has 1 aliphatic rings. The maximum absolute atomic E-state index is 4.22. The van der Waals surface area contributed by atoms with E-state index in [2.05, 4.69) is 20.6 Å². The number of piperidine rings is 1. The highest BCUT2D eigenvalue weighted by atomic mass is 15.2. The van der Waals surface area contributed by atoms with Gasteiger partial charge >= 0.3 is 0 Å². The second kappa shape index (κ2) is 3.70. The van der Waals surface area contributed by atoms with Crippen LogP contribution in [-0.4, -0.2) is 29.1 Å². The van der Waals surface area contributed by atoms with Crippen LogP contribution in [0.3, 0.4) is 0 Å². The molecule has 0 bridgehead atoms. The highest BCUT2D eigenvalue weighted by Gasteiger charge is 2.19. The summed E-state index contributed by atoms with van der Waals surface area (Å²) in [6, 6.07) is 2.46. The van der Waals surface area contributed by atoms with Gasteiger partial charge in [0.05, 0.1) is 6.04 Å². The van der Waals surface area contributed by atoms with Crippen LogP contribution in [0.4, 0.5) is 5.95 Å². The maximum atomic E-state index is 4.22. The second-order valence-corrected chi connectivity index (χ2v) is 3.48. The Morgan fingerprint density at radius 3 is 2.46 bits per heavy atom. The zero-order valence-electron chi connectivity index (χ0n) is 7.69. The van der Waals surface area contributed by atoms with Crippen LogP contribution in [0.2, 0.25) is 0 Å². The fourth-order valence-electron chi connectivity index (χ4n) is 1.59. The molecule has 0 atom stereocenters. The van der Waals surface area contributed by atoms with E-state index in [1.807, 2.05) is 6.07 Å². The highest BCUT2D eigenvalue weighted by Crippen LogP contribution is 2.12. The van der Waals surface area contributed by atoms with E-state index >= 15 is 0 Å². The number of nitrogens with zero attached hydrogens (tertiary/aromatic N) is 3. The Morgan fingerprint density at radius 2 is 1.85 bits per heavy atom. The van der Waals surface area contributed by atoms with Gasteiger partial charge in [-0.05, 0) is 6.07 Å². The fraction of sp³-hybridized carbons (Fsp3) is 0.556. The van der Waals surface area contributed by atoms with Crippen LogP contribution >= 0.6 is 0 Å². The lowest BCUT2D eigenvalue weighted by molar-refractivity contribution is -0.423. The summed E-state index contributed by atoms with van der Waals surface area (Å²) in [4.78, 5) is 10.7. The normalized spacial score (nSPS) is 19.0. The van der Waals surface area contributed by atoms with Gasteiger partial charge in [0.15, 0.2) is 0 Å². The average molecular weight is 179 g/mol. The van der Waals surface area contributed by atoms with Gasteiger partial charge in [-0.2, -0.15) is 0 Å². The molecule has 4 nitrogen and oxygen atoms in total. The van der Waals surface area contributed by atoms with Gasteiger partial charge in [0, 0.05) is 38.3 Å². The monoisotopic (exact) mass is 179 g/mol. The van der Waals surface area contributed by atoms with E-state index in [9.17, 15) is 0 Å². The third-order valence-electron chi connectivity index (χ3n) is 2.45. The first-order valence-electron chi connectivity index (χ1n) is 4.71. The third-order valence-corrected chi connectivity index (χ3v) is 2.45. The molecule has 0 amide bonds. The van der Waals surface area contributed by atoms with Crippen LogP contribution in [0, 0.1) is 0 Å². The van der Waals surface area contributed by atoms with Crippen molar-refractivity contribution in [1.82, 2.24) is 9.97 Å². The summed E-state index contributed by atoms with van der Waals surface area (Å²) in [5, 5.41) is 0. The van der Waals surface area contributed by atoms with Crippen molar-refractivity contribution in [2.24, 2.45) is 0 Å². The van der Waals surface area contributed by atoms with Crippen molar-refractivity contribution in [2.75, 3.05) is 18.0 Å². The first-order chi connectivity index (χ1) is 6.36. The van der Waals surface area contributed by atoms with Crippen LogP contribution in [0.1, 0.15) is 12.8 Å². The molecule has 0 spiro atoms. The molecule has 3 N–H and O–H groups in total. The van der Waals surface area contributed by atoms with Crippen molar-refractivity contribution in [3.05, 3.63) is 18.5 Å². The van der Waals surface area contributed by atoms with E-state index in [1.54, 1.807) is 12.4 Å². The van der Waals surface area contributed by atoms with Crippen molar-refractivity contribution >= 4 is 5.95 Å². The molecule has 2 heterocycles.